The van der Waals surface area contributed by atoms with Gasteiger partial charge in [-0.3, -0.25) is 13.9 Å². The zero-order valence-corrected chi connectivity index (χ0v) is 26.6. The number of aryl methyl sites for hydroxylation is 1. The van der Waals surface area contributed by atoms with Crippen molar-refractivity contribution in [1.29, 1.82) is 0 Å². The Kier molecular flexibility index (Phi) is 11.1. The lowest BCUT2D eigenvalue weighted by atomic mass is 10.1. The van der Waals surface area contributed by atoms with Crippen LogP contribution < -0.4 is 9.62 Å². The Balaban J connectivity index is 2.05. The van der Waals surface area contributed by atoms with Crippen molar-refractivity contribution in [3.05, 3.63) is 92.4 Å². The second-order valence-corrected chi connectivity index (χ2v) is 13.5. The van der Waals surface area contributed by atoms with Crippen LogP contribution in [0.5, 0.6) is 0 Å². The quantitative estimate of drug-likeness (QED) is 0.255. The zero-order chi connectivity index (χ0) is 29.6. The molecule has 0 spiro atoms. The fraction of sp³-hybridized carbons (Fsp3) is 0.310. The molecule has 1 N–H and O–H groups in total. The lowest BCUT2D eigenvalue weighted by Crippen LogP contribution is -2.51. The molecule has 0 aliphatic rings. The van der Waals surface area contributed by atoms with E-state index in [2.05, 4.69) is 21.2 Å². The highest BCUT2D eigenvalue weighted by Gasteiger charge is 2.33. The van der Waals surface area contributed by atoms with Gasteiger partial charge in [0.1, 0.15) is 12.6 Å². The molecule has 0 aliphatic heterocycles. The highest BCUT2D eigenvalue weighted by Crippen LogP contribution is 2.33. The van der Waals surface area contributed by atoms with Crippen LogP contribution in [0.1, 0.15) is 31.9 Å². The minimum Gasteiger partial charge on any atom is -0.354 e. The summed E-state index contributed by atoms with van der Waals surface area (Å²) < 4.78 is 29.6. The number of amides is 2. The maximum absolute atomic E-state index is 14.0. The van der Waals surface area contributed by atoms with Crippen molar-refractivity contribution >= 4 is 66.7 Å². The Bertz CT molecular complexity index is 1450. The topological polar surface area (TPSA) is 86.8 Å². The van der Waals surface area contributed by atoms with Crippen molar-refractivity contribution in [2.75, 3.05) is 17.4 Å². The Morgan fingerprint density at radius 3 is 2.17 bits per heavy atom. The highest BCUT2D eigenvalue weighted by molar-refractivity contribution is 9.10. The van der Waals surface area contributed by atoms with Gasteiger partial charge in [0.15, 0.2) is 0 Å². The molecule has 0 unspecified atom stereocenters. The van der Waals surface area contributed by atoms with E-state index in [1.54, 1.807) is 19.1 Å². The summed E-state index contributed by atoms with van der Waals surface area (Å²) in [5, 5.41) is 3.22. The van der Waals surface area contributed by atoms with Crippen LogP contribution >= 0.6 is 39.1 Å². The molecule has 0 fully saturated rings. The fourth-order valence-electron chi connectivity index (χ4n) is 3.85. The van der Waals surface area contributed by atoms with Crippen molar-refractivity contribution in [3.63, 3.8) is 0 Å². The molecular weight excluding hydrogens is 637 g/mol. The summed E-state index contributed by atoms with van der Waals surface area (Å²) in [6.07, 6.45) is 0. The average molecular weight is 669 g/mol. The summed E-state index contributed by atoms with van der Waals surface area (Å²) in [5.74, 6) is -0.707. The molecule has 3 rings (SSSR count). The van der Waals surface area contributed by atoms with Gasteiger partial charge in [0.2, 0.25) is 11.8 Å². The largest absolute Gasteiger partial charge is 0.354 e. The number of benzene rings is 3. The third kappa shape index (κ3) is 8.22. The van der Waals surface area contributed by atoms with Crippen molar-refractivity contribution in [3.8, 4) is 0 Å². The third-order valence-electron chi connectivity index (χ3n) is 6.18. The first-order valence-electron chi connectivity index (χ1n) is 12.7. The van der Waals surface area contributed by atoms with E-state index in [-0.39, 0.29) is 39.0 Å². The maximum atomic E-state index is 14.0. The summed E-state index contributed by atoms with van der Waals surface area (Å²) in [5.41, 5.74) is 1.71. The molecule has 0 aromatic heterocycles. The number of nitrogens with one attached hydrogen (secondary N) is 1. The van der Waals surface area contributed by atoms with Crippen LogP contribution in [0.25, 0.3) is 0 Å². The lowest BCUT2D eigenvalue weighted by Gasteiger charge is -2.32. The molecule has 0 saturated heterocycles. The van der Waals surface area contributed by atoms with E-state index < -0.39 is 28.5 Å². The fourth-order valence-corrected chi connectivity index (χ4v) is 5.97. The SMILES string of the molecule is Cc1ccc(S(=O)(=O)N(CC(=O)N(Cc2ccc(Br)cc2)[C@@H](C)C(=O)NCC(C)C)c2cc(Cl)ccc2Cl)cc1. The van der Waals surface area contributed by atoms with Gasteiger partial charge in [0.05, 0.1) is 15.6 Å². The number of rotatable bonds is 11. The smallest absolute Gasteiger partial charge is 0.264 e. The highest BCUT2D eigenvalue weighted by atomic mass is 79.9. The minimum atomic E-state index is -4.25. The molecule has 11 heteroatoms. The number of anilines is 1. The third-order valence-corrected chi connectivity index (χ3v) is 9.04. The first-order valence-corrected chi connectivity index (χ1v) is 15.6. The Labute approximate surface area is 254 Å². The predicted octanol–water partition coefficient (Wildman–Crippen LogP) is 6.45. The molecule has 3 aromatic rings. The summed E-state index contributed by atoms with van der Waals surface area (Å²) in [6.45, 7) is 7.33. The zero-order valence-electron chi connectivity index (χ0n) is 22.7. The maximum Gasteiger partial charge on any atom is 0.264 e. The van der Waals surface area contributed by atoms with Crippen LogP contribution in [-0.4, -0.2) is 44.3 Å². The Hall–Kier alpha value is -2.59. The van der Waals surface area contributed by atoms with Gasteiger partial charge >= 0.3 is 0 Å². The first kappa shape index (κ1) is 31.9. The molecule has 214 valence electrons. The monoisotopic (exact) mass is 667 g/mol. The summed E-state index contributed by atoms with van der Waals surface area (Å²) in [6, 6.07) is 17.2. The van der Waals surface area contributed by atoms with Gasteiger partial charge in [-0.25, -0.2) is 8.42 Å². The van der Waals surface area contributed by atoms with Crippen molar-refractivity contribution in [2.45, 2.75) is 45.2 Å². The van der Waals surface area contributed by atoms with Crippen molar-refractivity contribution in [1.82, 2.24) is 10.2 Å². The van der Waals surface area contributed by atoms with Crippen molar-refractivity contribution in [2.24, 2.45) is 5.92 Å². The number of nitrogens with zero attached hydrogens (tertiary/aromatic N) is 2. The lowest BCUT2D eigenvalue weighted by molar-refractivity contribution is -0.139. The molecule has 0 bridgehead atoms. The number of halogens is 3. The Morgan fingerprint density at radius 2 is 1.57 bits per heavy atom. The average Bonchev–Trinajstić information content (AvgIpc) is 2.91. The molecule has 1 atom stereocenters. The first-order chi connectivity index (χ1) is 18.8. The number of hydrogen-bond donors (Lipinski definition) is 1. The van der Waals surface area contributed by atoms with Gasteiger partial charge in [-0.05, 0) is 67.8 Å². The number of hydrogen-bond acceptors (Lipinski definition) is 4. The van der Waals surface area contributed by atoms with E-state index in [1.165, 1.54) is 35.2 Å². The molecule has 2 amide bonds. The summed E-state index contributed by atoms with van der Waals surface area (Å²) in [7, 11) is -4.25. The van der Waals surface area contributed by atoms with E-state index in [0.29, 0.717) is 6.54 Å². The van der Waals surface area contributed by atoms with E-state index in [9.17, 15) is 18.0 Å². The Morgan fingerprint density at radius 1 is 0.950 bits per heavy atom. The second-order valence-electron chi connectivity index (χ2n) is 9.88. The van der Waals surface area contributed by atoms with Gasteiger partial charge in [-0.1, -0.05) is 82.8 Å². The van der Waals surface area contributed by atoms with Gasteiger partial charge in [-0.2, -0.15) is 0 Å². The van der Waals surface area contributed by atoms with Crippen LogP contribution in [-0.2, 0) is 26.2 Å². The summed E-state index contributed by atoms with van der Waals surface area (Å²) >= 11 is 16.1. The van der Waals surface area contributed by atoms with Crippen LogP contribution in [0.4, 0.5) is 5.69 Å². The van der Waals surface area contributed by atoms with Gasteiger partial charge in [0.25, 0.3) is 10.0 Å². The molecule has 0 saturated carbocycles. The van der Waals surface area contributed by atoms with E-state index in [1.807, 2.05) is 45.0 Å². The van der Waals surface area contributed by atoms with E-state index in [4.69, 9.17) is 23.2 Å². The minimum absolute atomic E-state index is 0.0101. The molecule has 0 heterocycles. The van der Waals surface area contributed by atoms with Crippen LogP contribution in [0.15, 0.2) is 76.1 Å². The molecule has 40 heavy (non-hydrogen) atoms. The number of carbonyl (C=O) groups excluding carboxylic acids is 2. The van der Waals surface area contributed by atoms with Crippen LogP contribution in [0.3, 0.4) is 0 Å². The van der Waals surface area contributed by atoms with E-state index in [0.717, 1.165) is 19.9 Å². The van der Waals surface area contributed by atoms with Gasteiger partial charge < -0.3 is 10.2 Å². The standard InChI is InChI=1S/C29H32BrCl2N3O4S/c1-19(2)16-33-29(37)21(4)34(17-22-7-9-23(30)10-8-22)28(36)18-35(27-15-24(31)11-14-26(27)32)40(38,39)25-12-5-20(3)6-13-25/h5-15,19,21H,16-18H2,1-4H3,(H,33,37)/t21-/m0/s1. The number of sulfonamides is 1. The summed E-state index contributed by atoms with van der Waals surface area (Å²) in [4.78, 5) is 28.4. The predicted molar refractivity (Wildman–Crippen MR) is 164 cm³/mol. The van der Waals surface area contributed by atoms with Crippen LogP contribution in [0, 0.1) is 12.8 Å². The molecule has 3 aromatic carbocycles. The van der Waals surface area contributed by atoms with Gasteiger partial charge in [-0.15, -0.1) is 0 Å². The second kappa shape index (κ2) is 13.9. The molecule has 7 nitrogen and oxygen atoms in total. The number of carbonyl (C=O) groups is 2. The van der Waals surface area contributed by atoms with Crippen molar-refractivity contribution < 1.29 is 18.0 Å². The van der Waals surface area contributed by atoms with Crippen LogP contribution in [0.2, 0.25) is 10.0 Å². The van der Waals surface area contributed by atoms with E-state index >= 15 is 0 Å². The molecule has 0 radical (unpaired) electrons. The molecular formula is C29H32BrCl2N3O4S. The molecule has 0 aliphatic carbocycles. The van der Waals surface area contributed by atoms with Gasteiger partial charge in [0, 0.05) is 22.6 Å². The normalized spacial score (nSPS) is 12.2.